The molecule has 3 unspecified atom stereocenters. The van der Waals surface area contributed by atoms with Crippen molar-refractivity contribution >= 4 is 13.7 Å². The Hall–Kier alpha value is -1.02. The van der Waals surface area contributed by atoms with Crippen LogP contribution in [0.3, 0.4) is 0 Å². The van der Waals surface area contributed by atoms with Crippen molar-refractivity contribution in [2.24, 2.45) is 0 Å². The van der Waals surface area contributed by atoms with Gasteiger partial charge in [0.1, 0.15) is 13.2 Å². The minimum atomic E-state index is -4.60. The van der Waals surface area contributed by atoms with Crippen molar-refractivity contribution in [2.75, 3.05) is 40.9 Å². The molecule has 0 aliphatic heterocycles. The SMILES string of the molecule is CCCCCCCCCC/C=C\CCCCCCCCCCCCCCCCCC(=O)NC(COP(=O)([O-])OCC[N+](C)(C)C)C(O)/C=C/CCCCCCCCCCCCCCCCCCCCCCCC. The van der Waals surface area contributed by atoms with E-state index in [0.717, 1.165) is 38.5 Å². The molecule has 3 atom stereocenters. The lowest BCUT2D eigenvalue weighted by atomic mass is 10.0. The van der Waals surface area contributed by atoms with Gasteiger partial charge in [-0.3, -0.25) is 9.36 Å². The van der Waals surface area contributed by atoms with Gasteiger partial charge in [-0.25, -0.2) is 0 Å². The van der Waals surface area contributed by atoms with Crippen LogP contribution in [0.2, 0.25) is 0 Å². The molecule has 0 aromatic carbocycles. The fraction of sp³-hybridized carbons (Fsp3) is 0.922. The second-order valence-corrected chi connectivity index (χ2v) is 24.9. The number of aliphatic hydroxyl groups excluding tert-OH is 1. The molecule has 0 aromatic heterocycles. The number of phosphoric acid groups is 1. The Labute approximate surface area is 455 Å². The normalized spacial score (nSPS) is 13.9. The van der Waals surface area contributed by atoms with Gasteiger partial charge in [0.2, 0.25) is 5.91 Å². The van der Waals surface area contributed by atoms with Crippen LogP contribution in [0.4, 0.5) is 0 Å². The molecule has 0 saturated carbocycles. The number of rotatable bonds is 60. The molecule has 0 aliphatic rings. The fourth-order valence-corrected chi connectivity index (χ4v) is 10.6. The average Bonchev–Trinajstić information content (AvgIpc) is 3.35. The summed E-state index contributed by atoms with van der Waals surface area (Å²) >= 11 is 0. The van der Waals surface area contributed by atoms with Crippen LogP contribution in [0.5, 0.6) is 0 Å². The molecule has 0 aromatic rings. The molecule has 0 heterocycles. The van der Waals surface area contributed by atoms with E-state index < -0.39 is 20.0 Å². The number of nitrogens with zero attached hydrogens (tertiary/aromatic N) is 1. The summed E-state index contributed by atoms with van der Waals surface area (Å²) in [4.78, 5) is 25.6. The largest absolute Gasteiger partial charge is 0.756 e. The number of carbonyl (C=O) groups excluding carboxylic acids is 1. The highest BCUT2D eigenvalue weighted by Gasteiger charge is 2.23. The summed E-state index contributed by atoms with van der Waals surface area (Å²) in [6, 6.07) is -0.885. The number of hydrogen-bond acceptors (Lipinski definition) is 6. The van der Waals surface area contributed by atoms with Gasteiger partial charge in [0.25, 0.3) is 7.82 Å². The third-order valence-corrected chi connectivity index (χ3v) is 15.9. The number of amides is 1. The smallest absolute Gasteiger partial charge is 0.268 e. The molecule has 0 fully saturated rings. The molecule has 0 spiro atoms. The van der Waals surface area contributed by atoms with Gasteiger partial charge in [-0.2, -0.15) is 0 Å². The van der Waals surface area contributed by atoms with Crippen molar-refractivity contribution in [3.63, 3.8) is 0 Å². The maximum atomic E-state index is 13.0. The highest BCUT2D eigenvalue weighted by atomic mass is 31.2. The van der Waals surface area contributed by atoms with Gasteiger partial charge in [-0.1, -0.05) is 301 Å². The summed E-state index contributed by atoms with van der Waals surface area (Å²) in [7, 11) is 1.28. The molecule has 2 N–H and O–H groups in total. The summed E-state index contributed by atoms with van der Waals surface area (Å²) in [6.45, 7) is 4.70. The van der Waals surface area contributed by atoms with Crippen LogP contribution < -0.4 is 10.2 Å². The Balaban J connectivity index is 4.11. The number of phosphoric ester groups is 1. The van der Waals surface area contributed by atoms with E-state index in [-0.39, 0.29) is 19.1 Å². The molecule has 9 heteroatoms. The summed E-state index contributed by atoms with van der Waals surface area (Å²) in [5, 5.41) is 13.9. The molecule has 8 nitrogen and oxygen atoms in total. The summed E-state index contributed by atoms with van der Waals surface area (Å²) < 4.78 is 23.4. The minimum absolute atomic E-state index is 0.00148. The van der Waals surface area contributed by atoms with Crippen molar-refractivity contribution in [3.8, 4) is 0 Å². The van der Waals surface area contributed by atoms with Crippen molar-refractivity contribution in [2.45, 2.75) is 341 Å². The van der Waals surface area contributed by atoms with E-state index in [1.54, 1.807) is 6.08 Å². The predicted octanol–water partition coefficient (Wildman–Crippen LogP) is 19.3. The first-order chi connectivity index (χ1) is 35.5. The molecule has 0 radical (unpaired) electrons. The zero-order chi connectivity index (χ0) is 53.5. The maximum absolute atomic E-state index is 13.0. The standard InChI is InChI=1S/C64H127N2O6P/c1-6-8-10-12-14-16-18-20-22-24-26-28-30-32-33-34-36-38-40-42-44-46-48-50-52-54-56-58-64(68)65-62(61-72-73(69,70)71-60-59-66(3,4)5)63(67)57-55-53-51-49-47-45-43-41-39-37-35-31-29-27-25-23-21-19-17-15-13-11-9-7-2/h24,26,55,57,62-63,67H,6-23,25,27-54,56,58-61H2,1-5H3,(H-,65,68,69,70)/b26-24-,57-55+. The molecule has 1 amide bonds. The highest BCUT2D eigenvalue weighted by Crippen LogP contribution is 2.38. The number of aliphatic hydroxyl groups is 1. The van der Waals surface area contributed by atoms with E-state index in [2.05, 4.69) is 31.3 Å². The Morgan fingerprint density at radius 2 is 0.753 bits per heavy atom. The fourth-order valence-electron chi connectivity index (χ4n) is 9.86. The first kappa shape index (κ1) is 72.0. The number of unbranched alkanes of at least 4 members (excludes halogenated alkanes) is 45. The van der Waals surface area contributed by atoms with Crippen molar-refractivity contribution in [3.05, 3.63) is 24.3 Å². The number of nitrogens with one attached hydrogen (secondary N) is 1. The summed E-state index contributed by atoms with van der Waals surface area (Å²) in [6.07, 6.45) is 71.3. The Kier molecular flexibility index (Phi) is 54.9. The van der Waals surface area contributed by atoms with Crippen LogP contribution in [0, 0.1) is 0 Å². The monoisotopic (exact) mass is 1050 g/mol. The van der Waals surface area contributed by atoms with E-state index in [1.807, 2.05) is 27.2 Å². The van der Waals surface area contributed by atoms with Crippen LogP contribution in [0.1, 0.15) is 328 Å². The number of quaternary nitrogens is 1. The van der Waals surface area contributed by atoms with E-state index in [1.165, 1.54) is 270 Å². The van der Waals surface area contributed by atoms with Gasteiger partial charge in [0.15, 0.2) is 0 Å². The summed E-state index contributed by atoms with van der Waals surface area (Å²) in [5.41, 5.74) is 0. The minimum Gasteiger partial charge on any atom is -0.756 e. The maximum Gasteiger partial charge on any atom is 0.268 e. The van der Waals surface area contributed by atoms with Gasteiger partial charge in [0.05, 0.1) is 39.9 Å². The molecule has 73 heavy (non-hydrogen) atoms. The number of carbonyl (C=O) groups is 1. The first-order valence-electron chi connectivity index (χ1n) is 32.2. The lowest BCUT2D eigenvalue weighted by molar-refractivity contribution is -0.870. The van der Waals surface area contributed by atoms with E-state index in [0.29, 0.717) is 17.4 Å². The van der Waals surface area contributed by atoms with Crippen LogP contribution in [-0.4, -0.2) is 68.5 Å². The van der Waals surface area contributed by atoms with Gasteiger partial charge >= 0.3 is 0 Å². The predicted molar refractivity (Wildman–Crippen MR) is 316 cm³/mol. The lowest BCUT2D eigenvalue weighted by Crippen LogP contribution is -2.45. The molecular formula is C64H127N2O6P. The number of allylic oxidation sites excluding steroid dienone is 3. The second-order valence-electron chi connectivity index (χ2n) is 23.5. The zero-order valence-corrected chi connectivity index (χ0v) is 50.5. The van der Waals surface area contributed by atoms with Crippen LogP contribution in [0.15, 0.2) is 24.3 Å². The Morgan fingerprint density at radius 1 is 0.466 bits per heavy atom. The highest BCUT2D eigenvalue weighted by molar-refractivity contribution is 7.45. The second kappa shape index (κ2) is 55.7. The van der Waals surface area contributed by atoms with E-state index >= 15 is 0 Å². The Morgan fingerprint density at radius 3 is 1.07 bits per heavy atom. The van der Waals surface area contributed by atoms with E-state index in [4.69, 9.17) is 9.05 Å². The van der Waals surface area contributed by atoms with Crippen LogP contribution >= 0.6 is 7.82 Å². The van der Waals surface area contributed by atoms with Crippen LogP contribution in [-0.2, 0) is 18.4 Å². The van der Waals surface area contributed by atoms with Crippen LogP contribution in [0.25, 0.3) is 0 Å². The Bertz CT molecular complexity index is 1240. The first-order valence-corrected chi connectivity index (χ1v) is 33.7. The van der Waals surface area contributed by atoms with Gasteiger partial charge < -0.3 is 28.8 Å². The quantitative estimate of drug-likeness (QED) is 0.0272. The molecule has 0 bridgehead atoms. The van der Waals surface area contributed by atoms with Crippen molar-refractivity contribution in [1.29, 1.82) is 0 Å². The van der Waals surface area contributed by atoms with E-state index in [9.17, 15) is 19.4 Å². The average molecular weight is 1050 g/mol. The molecule has 0 aliphatic carbocycles. The van der Waals surface area contributed by atoms with Gasteiger partial charge in [-0.15, -0.1) is 0 Å². The molecule has 0 saturated heterocycles. The summed E-state index contributed by atoms with van der Waals surface area (Å²) in [5.74, 6) is -0.191. The zero-order valence-electron chi connectivity index (χ0n) is 49.6. The number of likely N-dealkylation sites (N-methyl/N-ethyl adjacent to an activating group) is 1. The third-order valence-electron chi connectivity index (χ3n) is 14.9. The molecular weight excluding hydrogens is 924 g/mol. The number of hydrogen-bond donors (Lipinski definition) is 2. The lowest BCUT2D eigenvalue weighted by Gasteiger charge is -2.29. The topological polar surface area (TPSA) is 108 Å². The van der Waals surface area contributed by atoms with Gasteiger partial charge in [0, 0.05) is 6.42 Å². The van der Waals surface area contributed by atoms with Crippen molar-refractivity contribution < 1.29 is 32.9 Å². The molecule has 434 valence electrons. The van der Waals surface area contributed by atoms with Gasteiger partial charge in [-0.05, 0) is 44.9 Å². The van der Waals surface area contributed by atoms with Crippen molar-refractivity contribution in [1.82, 2.24) is 5.32 Å². The molecule has 0 rings (SSSR count). The third kappa shape index (κ3) is 58.5.